The van der Waals surface area contributed by atoms with Gasteiger partial charge in [-0.05, 0) is 53.1 Å². The van der Waals surface area contributed by atoms with E-state index >= 15 is 0 Å². The van der Waals surface area contributed by atoms with Gasteiger partial charge in [-0.15, -0.1) is 0 Å². The van der Waals surface area contributed by atoms with Gasteiger partial charge in [0, 0.05) is 36.7 Å². The molecule has 0 atom stereocenters. The topological polar surface area (TPSA) is 151 Å². The summed E-state index contributed by atoms with van der Waals surface area (Å²) in [5.74, 6) is -2.68. The fourth-order valence-electron chi connectivity index (χ4n) is 4.06. The fraction of sp³-hybridized carbons (Fsp3) is 0.172. The number of methoxy groups -OCH3 is 1. The number of hydrogen-bond donors (Lipinski definition) is 4. The van der Waals surface area contributed by atoms with Crippen LogP contribution in [0.4, 0.5) is 5.69 Å². The number of carbonyl (C=O) groups is 4. The van der Waals surface area contributed by atoms with Crippen molar-refractivity contribution in [2.75, 3.05) is 19.0 Å². The molecule has 10 heteroatoms. The van der Waals surface area contributed by atoms with Crippen LogP contribution in [0.2, 0.25) is 0 Å². The molecule has 3 aromatic carbocycles. The Bertz CT molecular complexity index is 1440. The molecule has 200 valence electrons. The number of phenolic OH excluding ortho intramolecular Hbond substituents is 1. The van der Waals surface area contributed by atoms with Crippen molar-refractivity contribution in [3.05, 3.63) is 94.6 Å². The quantitative estimate of drug-likeness (QED) is 0.308. The van der Waals surface area contributed by atoms with Gasteiger partial charge in [0.2, 0.25) is 5.91 Å². The van der Waals surface area contributed by atoms with Gasteiger partial charge in [0.1, 0.15) is 17.2 Å². The van der Waals surface area contributed by atoms with Gasteiger partial charge >= 0.3 is 11.9 Å². The van der Waals surface area contributed by atoms with Crippen molar-refractivity contribution in [2.45, 2.75) is 19.4 Å². The normalized spacial score (nSPS) is 12.1. The van der Waals surface area contributed by atoms with Crippen LogP contribution in [0.15, 0.2) is 72.3 Å². The van der Waals surface area contributed by atoms with Gasteiger partial charge < -0.3 is 30.3 Å². The Hall–Kier alpha value is -5.12. The second-order valence-corrected chi connectivity index (χ2v) is 8.77. The minimum Gasteiger partial charge on any atom is -0.507 e. The zero-order valence-corrected chi connectivity index (χ0v) is 21.0. The van der Waals surface area contributed by atoms with E-state index in [0.717, 1.165) is 11.1 Å². The molecular formula is C29H26N2O8. The number of ketones is 1. The molecule has 0 radical (unpaired) electrons. The Morgan fingerprint density at radius 2 is 1.64 bits per heavy atom. The van der Waals surface area contributed by atoms with Gasteiger partial charge in [0.05, 0.1) is 19.3 Å². The number of benzene rings is 3. The minimum atomic E-state index is -1.57. The lowest BCUT2D eigenvalue weighted by atomic mass is 9.89. The molecule has 0 unspecified atom stereocenters. The van der Waals surface area contributed by atoms with Crippen LogP contribution in [0.3, 0.4) is 0 Å². The van der Waals surface area contributed by atoms with E-state index in [1.54, 1.807) is 49.6 Å². The Balaban J connectivity index is 1.35. The molecule has 39 heavy (non-hydrogen) atoms. The van der Waals surface area contributed by atoms with E-state index < -0.39 is 17.7 Å². The average molecular weight is 531 g/mol. The zero-order chi connectivity index (χ0) is 27.9. The van der Waals surface area contributed by atoms with E-state index in [1.807, 2.05) is 12.1 Å². The van der Waals surface area contributed by atoms with Crippen LogP contribution in [0.1, 0.15) is 27.0 Å². The molecule has 0 saturated carbocycles. The van der Waals surface area contributed by atoms with Crippen molar-refractivity contribution in [3.63, 3.8) is 0 Å². The number of carboxylic acids is 1. The summed E-state index contributed by atoms with van der Waals surface area (Å²) in [6.45, 7) is 0.528. The standard InChI is InChI=1S/C29H26N2O8/c1-38-22-8-4-18(5-9-22)16-30-27(34)20-12-19-13-23(15-25(33)26(19)24(32)14-20)39-11-10-17-2-6-21(7-3-17)31-28(35)29(36)37/h2-9,13-15,33H,10-12,16H2,1H3,(H,30,34)(H,31,35)(H,36,37). The minimum absolute atomic E-state index is 0.146. The van der Waals surface area contributed by atoms with Gasteiger partial charge in [-0.25, -0.2) is 4.79 Å². The van der Waals surface area contributed by atoms with E-state index in [-0.39, 0.29) is 42.4 Å². The second kappa shape index (κ2) is 12.0. The number of carboxylic acid groups (broad SMARTS) is 1. The van der Waals surface area contributed by atoms with Crippen molar-refractivity contribution < 1.29 is 38.9 Å². The van der Waals surface area contributed by atoms with Crippen molar-refractivity contribution >= 4 is 29.3 Å². The second-order valence-electron chi connectivity index (χ2n) is 8.77. The summed E-state index contributed by atoms with van der Waals surface area (Å²) in [4.78, 5) is 47.3. The predicted octanol–water partition coefficient (Wildman–Crippen LogP) is 3.03. The van der Waals surface area contributed by atoms with Gasteiger partial charge in [-0.1, -0.05) is 24.3 Å². The molecule has 0 fully saturated rings. The van der Waals surface area contributed by atoms with E-state index in [0.29, 0.717) is 29.2 Å². The third kappa shape index (κ3) is 6.80. The molecular weight excluding hydrogens is 504 g/mol. The summed E-state index contributed by atoms with van der Waals surface area (Å²) < 4.78 is 10.9. The first-order valence-electron chi connectivity index (χ1n) is 12.0. The molecule has 1 aliphatic rings. The number of carbonyl (C=O) groups excluding carboxylic acids is 3. The lowest BCUT2D eigenvalue weighted by Gasteiger charge is -2.18. The highest BCUT2D eigenvalue weighted by Gasteiger charge is 2.25. The Morgan fingerprint density at radius 1 is 0.949 bits per heavy atom. The first-order valence-corrected chi connectivity index (χ1v) is 12.0. The number of ether oxygens (including phenoxy) is 2. The molecule has 0 bridgehead atoms. The first-order chi connectivity index (χ1) is 18.7. The summed E-state index contributed by atoms with van der Waals surface area (Å²) in [5, 5.41) is 24.2. The molecule has 4 N–H and O–H groups in total. The van der Waals surface area contributed by atoms with E-state index in [1.165, 1.54) is 12.1 Å². The largest absolute Gasteiger partial charge is 0.507 e. The van der Waals surface area contributed by atoms with Crippen LogP contribution in [0, 0.1) is 0 Å². The zero-order valence-electron chi connectivity index (χ0n) is 21.0. The number of rotatable bonds is 9. The maximum Gasteiger partial charge on any atom is 0.394 e. The van der Waals surface area contributed by atoms with Gasteiger partial charge in [0.25, 0.3) is 0 Å². The van der Waals surface area contributed by atoms with Crippen molar-refractivity contribution in [1.82, 2.24) is 5.32 Å². The average Bonchev–Trinajstić information content (AvgIpc) is 2.92. The maximum absolute atomic E-state index is 12.8. The summed E-state index contributed by atoms with van der Waals surface area (Å²) in [5.41, 5.74) is 3.03. The molecule has 0 aliphatic heterocycles. The molecule has 0 heterocycles. The van der Waals surface area contributed by atoms with Gasteiger partial charge in [0.15, 0.2) is 5.78 Å². The predicted molar refractivity (Wildman–Crippen MR) is 141 cm³/mol. The number of fused-ring (bicyclic) bond motifs is 1. The van der Waals surface area contributed by atoms with E-state index in [9.17, 15) is 24.3 Å². The highest BCUT2D eigenvalue weighted by Crippen LogP contribution is 2.33. The Labute approximate surface area is 223 Å². The monoisotopic (exact) mass is 530 g/mol. The number of anilines is 1. The number of nitrogens with one attached hydrogen (secondary N) is 2. The molecule has 4 rings (SSSR count). The van der Waals surface area contributed by atoms with Gasteiger partial charge in [-0.3, -0.25) is 14.4 Å². The molecule has 2 amide bonds. The van der Waals surface area contributed by atoms with Crippen LogP contribution < -0.4 is 20.1 Å². The molecule has 1 aliphatic carbocycles. The van der Waals surface area contributed by atoms with Crippen LogP contribution >= 0.6 is 0 Å². The molecule has 0 saturated heterocycles. The number of hydrogen-bond acceptors (Lipinski definition) is 7. The third-order valence-electron chi connectivity index (χ3n) is 6.07. The number of allylic oxidation sites excluding steroid dienone is 1. The van der Waals surface area contributed by atoms with Crippen LogP contribution in [-0.4, -0.2) is 47.5 Å². The maximum atomic E-state index is 12.8. The highest BCUT2D eigenvalue weighted by molar-refractivity contribution is 6.36. The molecule has 0 spiro atoms. The lowest BCUT2D eigenvalue weighted by Crippen LogP contribution is -2.28. The van der Waals surface area contributed by atoms with Crippen LogP contribution in [0.5, 0.6) is 17.2 Å². The number of phenols is 1. The summed E-state index contributed by atoms with van der Waals surface area (Å²) in [6.07, 6.45) is 1.89. The molecule has 10 nitrogen and oxygen atoms in total. The number of aromatic hydroxyl groups is 1. The first kappa shape index (κ1) is 26.9. The summed E-state index contributed by atoms with van der Waals surface area (Å²) >= 11 is 0. The van der Waals surface area contributed by atoms with Crippen LogP contribution in [0.25, 0.3) is 0 Å². The SMILES string of the molecule is COc1ccc(CNC(=O)C2=CC(=O)c3c(O)cc(OCCc4ccc(NC(=O)C(=O)O)cc4)cc3C2)cc1. The van der Waals surface area contributed by atoms with Crippen molar-refractivity contribution in [3.8, 4) is 17.2 Å². The summed E-state index contributed by atoms with van der Waals surface area (Å²) in [6, 6.07) is 16.9. The molecule has 3 aromatic rings. The van der Waals surface area contributed by atoms with Crippen molar-refractivity contribution in [2.24, 2.45) is 0 Å². The number of aliphatic carboxylic acids is 1. The smallest absolute Gasteiger partial charge is 0.394 e. The lowest BCUT2D eigenvalue weighted by molar-refractivity contribution is -0.147. The number of amides is 2. The van der Waals surface area contributed by atoms with Crippen LogP contribution in [-0.2, 0) is 33.8 Å². The van der Waals surface area contributed by atoms with E-state index in [2.05, 4.69) is 10.6 Å². The highest BCUT2D eigenvalue weighted by atomic mass is 16.5. The third-order valence-corrected chi connectivity index (χ3v) is 6.07. The van der Waals surface area contributed by atoms with Crippen molar-refractivity contribution in [1.29, 1.82) is 0 Å². The van der Waals surface area contributed by atoms with E-state index in [4.69, 9.17) is 14.6 Å². The molecule has 0 aromatic heterocycles. The Kier molecular flexibility index (Phi) is 8.25. The summed E-state index contributed by atoms with van der Waals surface area (Å²) in [7, 11) is 1.57. The Morgan fingerprint density at radius 3 is 2.31 bits per heavy atom. The van der Waals surface area contributed by atoms with Gasteiger partial charge in [-0.2, -0.15) is 0 Å². The fourth-order valence-corrected chi connectivity index (χ4v) is 4.06.